The van der Waals surface area contributed by atoms with Gasteiger partial charge in [0.2, 0.25) is 0 Å². The Labute approximate surface area is 73.2 Å². The quantitative estimate of drug-likeness (QED) is 0.304. The molecule has 0 rings (SSSR count). The number of hydrogen-bond donors (Lipinski definition) is 1. The Morgan fingerprint density at radius 3 is 1.57 bits per heavy atom. The van der Waals surface area contributed by atoms with E-state index in [2.05, 4.69) is 11.6 Å². The van der Waals surface area contributed by atoms with E-state index in [1.54, 1.807) is 0 Å². The van der Waals surface area contributed by atoms with Crippen molar-refractivity contribution in [3.63, 3.8) is 0 Å². The normalized spacial score (nSPS) is 9.71. The van der Waals surface area contributed by atoms with E-state index in [-0.39, 0.29) is 29.6 Å². The molecule has 0 radical (unpaired) electrons. The molecule has 42 valence electrons. The maximum absolute atomic E-state index is 9.11. The summed E-state index contributed by atoms with van der Waals surface area (Å²) in [6, 6.07) is 0. The van der Waals surface area contributed by atoms with Gasteiger partial charge in [-0.3, -0.25) is 0 Å². The molecule has 0 bridgehead atoms. The molecule has 0 aromatic rings. The zero-order valence-electron chi connectivity index (χ0n) is 3.64. The molecule has 0 amide bonds. The molecule has 0 aliphatic carbocycles. The Morgan fingerprint density at radius 1 is 1.57 bits per heavy atom. The van der Waals surface area contributed by atoms with E-state index in [1.165, 1.54) is 12.6 Å². The topological polar surface area (TPSA) is 37.3 Å². The van der Waals surface area contributed by atoms with Gasteiger partial charge in [-0.05, 0) is 0 Å². The molecule has 1 N–H and O–H groups in total. The van der Waals surface area contributed by atoms with Crippen LogP contribution in [0.5, 0.6) is 0 Å². The predicted molar refractivity (Wildman–Crippen MR) is 35.6 cm³/mol. The summed E-state index contributed by atoms with van der Waals surface area (Å²) in [5.41, 5.74) is 0. The van der Waals surface area contributed by atoms with Crippen molar-refractivity contribution in [2.24, 2.45) is 0 Å². The van der Waals surface area contributed by atoms with Gasteiger partial charge in [0.15, 0.2) is 0 Å². The Balaban J connectivity index is -0.0000000480. The molecule has 0 aromatic heterocycles. The fourth-order valence-electron chi connectivity index (χ4n) is 0. The van der Waals surface area contributed by atoms with Crippen molar-refractivity contribution in [1.29, 1.82) is 0 Å². The van der Waals surface area contributed by atoms with E-state index in [0.717, 1.165) is 0 Å². The van der Waals surface area contributed by atoms with Crippen molar-refractivity contribution >= 4 is 52.2 Å². The van der Waals surface area contributed by atoms with Crippen LogP contribution in [0.25, 0.3) is 0 Å². The van der Waals surface area contributed by atoms with Crippen molar-refractivity contribution in [3.05, 3.63) is 0 Å². The van der Waals surface area contributed by atoms with Crippen molar-refractivity contribution in [1.82, 2.24) is 0 Å². The standard InChI is InChI=1S/CH3Cl.CH4O2S.Na.H/c1-2;1-4(2)3;;/h1H3;1H3,(H,2,3);;. The maximum atomic E-state index is 9.11. The molecular weight excluding hydrogens is 147 g/mol. The van der Waals surface area contributed by atoms with Crippen molar-refractivity contribution in [3.8, 4) is 0 Å². The van der Waals surface area contributed by atoms with Gasteiger partial charge in [0, 0.05) is 12.6 Å². The Kier molecular flexibility index (Phi) is 35.3. The fourth-order valence-corrected chi connectivity index (χ4v) is 0. The summed E-state index contributed by atoms with van der Waals surface area (Å²) in [5, 5.41) is 0. The zero-order valence-corrected chi connectivity index (χ0v) is 5.21. The first kappa shape index (κ1) is 15.8. The summed E-state index contributed by atoms with van der Waals surface area (Å²) in [4.78, 5) is 0. The van der Waals surface area contributed by atoms with Crippen LogP contribution in [0.3, 0.4) is 0 Å². The average Bonchev–Trinajstić information content (AvgIpc) is 1.41. The molecule has 0 aliphatic rings. The van der Waals surface area contributed by atoms with Crippen LogP contribution in [-0.4, -0.2) is 51.0 Å². The summed E-state index contributed by atoms with van der Waals surface area (Å²) in [5.74, 6) is 0. The minimum absolute atomic E-state index is 0. The first-order valence-corrected chi connectivity index (χ1v) is 3.41. The monoisotopic (exact) mass is 154 g/mol. The van der Waals surface area contributed by atoms with Crippen LogP contribution in [0, 0.1) is 0 Å². The second-order valence-electron chi connectivity index (χ2n) is 0.424. The van der Waals surface area contributed by atoms with Gasteiger partial charge in [-0.25, -0.2) is 4.21 Å². The van der Waals surface area contributed by atoms with Gasteiger partial charge in [-0.2, -0.15) is 0 Å². The second kappa shape index (κ2) is 15.7. The number of halogens is 1. The van der Waals surface area contributed by atoms with E-state index in [9.17, 15) is 0 Å². The predicted octanol–water partition coefficient (Wildman–Crippen LogP) is 0.0444. The third-order valence-corrected chi connectivity index (χ3v) is 0. The van der Waals surface area contributed by atoms with Gasteiger partial charge >= 0.3 is 29.6 Å². The Bertz CT molecular complexity index is 38.7. The first-order valence-electron chi connectivity index (χ1n) is 1.14. The van der Waals surface area contributed by atoms with Gasteiger partial charge in [-0.15, -0.1) is 11.6 Å². The summed E-state index contributed by atoms with van der Waals surface area (Å²) in [6.07, 6.45) is 2.67. The van der Waals surface area contributed by atoms with Crippen molar-refractivity contribution in [2.75, 3.05) is 12.6 Å². The van der Waals surface area contributed by atoms with Gasteiger partial charge in [0.05, 0.1) is 0 Å². The van der Waals surface area contributed by atoms with Crippen LogP contribution < -0.4 is 0 Å². The summed E-state index contributed by atoms with van der Waals surface area (Å²) < 4.78 is 16.6. The van der Waals surface area contributed by atoms with E-state index in [4.69, 9.17) is 8.76 Å². The Morgan fingerprint density at radius 2 is 1.57 bits per heavy atom. The molecule has 0 heterocycles. The second-order valence-corrected chi connectivity index (χ2v) is 1.27. The van der Waals surface area contributed by atoms with Crippen LogP contribution in [0.4, 0.5) is 0 Å². The molecule has 0 fully saturated rings. The average molecular weight is 155 g/mol. The third kappa shape index (κ3) is 110. The van der Waals surface area contributed by atoms with Gasteiger partial charge in [0.25, 0.3) is 0 Å². The molecule has 1 atom stereocenters. The molecule has 0 saturated heterocycles. The van der Waals surface area contributed by atoms with Crippen LogP contribution in [0.15, 0.2) is 0 Å². The Hall–Kier alpha value is 1.40. The number of hydrogen-bond acceptors (Lipinski definition) is 1. The summed E-state index contributed by atoms with van der Waals surface area (Å²) >= 11 is 3.03. The van der Waals surface area contributed by atoms with Crippen molar-refractivity contribution < 1.29 is 8.76 Å². The molecule has 0 aliphatic heterocycles. The number of rotatable bonds is 0. The van der Waals surface area contributed by atoms with Crippen molar-refractivity contribution in [2.45, 2.75) is 0 Å². The molecule has 7 heavy (non-hydrogen) atoms. The third-order valence-electron chi connectivity index (χ3n) is 0. The van der Waals surface area contributed by atoms with E-state index in [1.807, 2.05) is 0 Å². The summed E-state index contributed by atoms with van der Waals surface area (Å²) in [6.45, 7) is 0. The number of alkyl halides is 1. The van der Waals surface area contributed by atoms with Gasteiger partial charge < -0.3 is 4.55 Å². The van der Waals surface area contributed by atoms with Crippen LogP contribution in [-0.2, 0) is 11.1 Å². The first-order chi connectivity index (χ1) is 2.73. The molecule has 0 spiro atoms. The summed E-state index contributed by atoms with van der Waals surface area (Å²) in [7, 11) is 0. The van der Waals surface area contributed by atoms with E-state index >= 15 is 0 Å². The minimum atomic E-state index is -1.61. The zero-order chi connectivity index (χ0) is 5.58. The molecule has 1 unspecified atom stereocenters. The van der Waals surface area contributed by atoms with Crippen LogP contribution in [0.1, 0.15) is 0 Å². The molecule has 2 nitrogen and oxygen atoms in total. The van der Waals surface area contributed by atoms with E-state index in [0.29, 0.717) is 0 Å². The fraction of sp³-hybridized carbons (Fsp3) is 1.00. The van der Waals surface area contributed by atoms with Gasteiger partial charge in [0.1, 0.15) is 11.1 Å². The molecule has 0 saturated carbocycles. The van der Waals surface area contributed by atoms with Crippen LogP contribution in [0.2, 0.25) is 0 Å². The van der Waals surface area contributed by atoms with E-state index < -0.39 is 11.1 Å². The van der Waals surface area contributed by atoms with Gasteiger partial charge in [-0.1, -0.05) is 0 Å². The molecule has 0 aromatic carbocycles. The SMILES string of the molecule is CCl.CS(=O)O.[NaH]. The van der Waals surface area contributed by atoms with Crippen LogP contribution >= 0.6 is 11.6 Å². The molecular formula is C2H8ClNaO2S. The molecule has 5 heteroatoms.